The van der Waals surface area contributed by atoms with Crippen molar-refractivity contribution in [1.82, 2.24) is 10.2 Å². The van der Waals surface area contributed by atoms with Crippen LogP contribution in [0.25, 0.3) is 0 Å². The molecule has 0 bridgehead atoms. The van der Waals surface area contributed by atoms with Crippen molar-refractivity contribution in [2.45, 2.75) is 31.6 Å². The summed E-state index contributed by atoms with van der Waals surface area (Å²) in [5.41, 5.74) is 9.73. The van der Waals surface area contributed by atoms with Crippen molar-refractivity contribution < 1.29 is 0 Å². The summed E-state index contributed by atoms with van der Waals surface area (Å²) in [6, 6.07) is 10.7. The number of benzene rings is 1. The molecule has 0 spiro atoms. The van der Waals surface area contributed by atoms with Gasteiger partial charge in [0, 0.05) is 17.2 Å². The minimum atomic E-state index is 0.581. The zero-order valence-electron chi connectivity index (χ0n) is 9.98. The van der Waals surface area contributed by atoms with Crippen LogP contribution < -0.4 is 5.73 Å². The van der Waals surface area contributed by atoms with Gasteiger partial charge in [0.15, 0.2) is 0 Å². The number of hydrogen-bond donors (Lipinski definition) is 2. The molecule has 1 aromatic heterocycles. The molecule has 1 heterocycles. The molecule has 0 aliphatic heterocycles. The molecule has 17 heavy (non-hydrogen) atoms. The molecule has 88 valence electrons. The van der Waals surface area contributed by atoms with Crippen LogP contribution >= 0.6 is 0 Å². The van der Waals surface area contributed by atoms with E-state index in [1.165, 1.54) is 23.2 Å². The summed E-state index contributed by atoms with van der Waals surface area (Å²) in [6.45, 7) is 2.13. The van der Waals surface area contributed by atoms with Crippen molar-refractivity contribution >= 4 is 5.82 Å². The minimum absolute atomic E-state index is 0.581. The van der Waals surface area contributed by atoms with Gasteiger partial charge in [0.05, 0.1) is 0 Å². The maximum Gasteiger partial charge on any atom is 0.148 e. The van der Waals surface area contributed by atoms with Crippen LogP contribution in [0.4, 0.5) is 5.82 Å². The van der Waals surface area contributed by atoms with E-state index in [1.54, 1.807) is 0 Å². The van der Waals surface area contributed by atoms with E-state index < -0.39 is 0 Å². The number of H-pyrrole nitrogens is 1. The van der Waals surface area contributed by atoms with Gasteiger partial charge < -0.3 is 5.73 Å². The van der Waals surface area contributed by atoms with Crippen LogP contribution in [0.1, 0.15) is 42.0 Å². The third-order valence-electron chi connectivity index (χ3n) is 3.67. The average molecular weight is 227 g/mol. The quantitative estimate of drug-likeness (QED) is 0.847. The molecule has 0 saturated heterocycles. The van der Waals surface area contributed by atoms with Gasteiger partial charge in [-0.15, -0.1) is 0 Å². The Labute approximate surface area is 101 Å². The molecular weight excluding hydrogens is 210 g/mol. The SMILES string of the molecule is CCc1c(N)n[nH]c1C1CC1c1ccccc1. The third kappa shape index (κ3) is 1.71. The predicted molar refractivity (Wildman–Crippen MR) is 68.9 cm³/mol. The van der Waals surface area contributed by atoms with E-state index in [-0.39, 0.29) is 0 Å². The molecule has 3 heteroatoms. The van der Waals surface area contributed by atoms with Crippen LogP contribution in [0.2, 0.25) is 0 Å². The standard InChI is InChI=1S/C14H17N3/c1-2-10-13(16-17-14(10)15)12-8-11(12)9-6-4-3-5-7-9/h3-7,11-12H,2,8H2,1H3,(H3,15,16,17). The Bertz CT molecular complexity index is 516. The highest BCUT2D eigenvalue weighted by Crippen LogP contribution is 2.55. The monoisotopic (exact) mass is 227 g/mol. The molecule has 2 aromatic rings. The van der Waals surface area contributed by atoms with Gasteiger partial charge in [-0.1, -0.05) is 37.3 Å². The highest BCUT2D eigenvalue weighted by molar-refractivity contribution is 5.47. The number of anilines is 1. The van der Waals surface area contributed by atoms with Gasteiger partial charge >= 0.3 is 0 Å². The summed E-state index contributed by atoms with van der Waals surface area (Å²) < 4.78 is 0. The summed E-state index contributed by atoms with van der Waals surface area (Å²) in [4.78, 5) is 0. The number of nitrogen functional groups attached to an aromatic ring is 1. The zero-order chi connectivity index (χ0) is 11.8. The van der Waals surface area contributed by atoms with Gasteiger partial charge in [-0.3, -0.25) is 5.10 Å². The molecule has 3 N–H and O–H groups in total. The van der Waals surface area contributed by atoms with E-state index in [1.807, 2.05) is 0 Å². The highest BCUT2D eigenvalue weighted by Gasteiger charge is 2.41. The molecule has 3 rings (SSSR count). The summed E-state index contributed by atoms with van der Waals surface area (Å²) in [7, 11) is 0. The Hall–Kier alpha value is -1.77. The fourth-order valence-electron chi connectivity index (χ4n) is 2.65. The van der Waals surface area contributed by atoms with E-state index in [0.29, 0.717) is 17.7 Å². The smallest absolute Gasteiger partial charge is 0.148 e. The van der Waals surface area contributed by atoms with Crippen LogP contribution in [0.15, 0.2) is 30.3 Å². The molecule has 0 amide bonds. The summed E-state index contributed by atoms with van der Waals surface area (Å²) >= 11 is 0. The first kappa shape index (κ1) is 10.4. The fourth-order valence-corrected chi connectivity index (χ4v) is 2.65. The Morgan fingerprint density at radius 1 is 1.29 bits per heavy atom. The molecule has 0 radical (unpaired) electrons. The van der Waals surface area contributed by atoms with Gasteiger partial charge in [0.2, 0.25) is 0 Å². The molecule has 1 aliphatic carbocycles. The highest BCUT2D eigenvalue weighted by atomic mass is 15.2. The molecule has 2 unspecified atom stereocenters. The first-order chi connectivity index (χ1) is 8.31. The third-order valence-corrected chi connectivity index (χ3v) is 3.67. The average Bonchev–Trinajstić information content (AvgIpc) is 3.08. The van der Waals surface area contributed by atoms with Crippen LogP contribution in [-0.4, -0.2) is 10.2 Å². The van der Waals surface area contributed by atoms with E-state index in [2.05, 4.69) is 47.5 Å². The second-order valence-electron chi connectivity index (χ2n) is 4.71. The number of nitrogens with zero attached hydrogens (tertiary/aromatic N) is 1. The summed E-state index contributed by atoms with van der Waals surface area (Å²) in [5.74, 6) is 1.89. The van der Waals surface area contributed by atoms with E-state index in [4.69, 9.17) is 5.73 Å². The number of aromatic amines is 1. The number of aromatic nitrogens is 2. The van der Waals surface area contributed by atoms with Crippen molar-refractivity contribution in [2.75, 3.05) is 5.73 Å². The van der Waals surface area contributed by atoms with Gasteiger partial charge in [-0.05, 0) is 24.3 Å². The first-order valence-corrected chi connectivity index (χ1v) is 6.18. The number of nitrogens with two attached hydrogens (primary N) is 1. The molecular formula is C14H17N3. The van der Waals surface area contributed by atoms with Crippen LogP contribution in [0.3, 0.4) is 0 Å². The van der Waals surface area contributed by atoms with Crippen LogP contribution in [0, 0.1) is 0 Å². The van der Waals surface area contributed by atoms with Crippen molar-refractivity contribution in [3.63, 3.8) is 0 Å². The lowest BCUT2D eigenvalue weighted by atomic mass is 10.0. The van der Waals surface area contributed by atoms with Gasteiger partial charge in [-0.25, -0.2) is 0 Å². The Morgan fingerprint density at radius 2 is 2.06 bits per heavy atom. The Morgan fingerprint density at radius 3 is 2.76 bits per heavy atom. The predicted octanol–water partition coefficient (Wildman–Crippen LogP) is 2.83. The summed E-state index contributed by atoms with van der Waals surface area (Å²) in [6.07, 6.45) is 2.16. The van der Waals surface area contributed by atoms with Crippen molar-refractivity contribution in [3.8, 4) is 0 Å². The largest absolute Gasteiger partial charge is 0.382 e. The Balaban J connectivity index is 1.85. The van der Waals surface area contributed by atoms with Gasteiger partial charge in [0.25, 0.3) is 0 Å². The van der Waals surface area contributed by atoms with Crippen LogP contribution in [0.5, 0.6) is 0 Å². The lowest BCUT2D eigenvalue weighted by Crippen LogP contribution is -1.93. The molecule has 1 fully saturated rings. The Kier molecular flexibility index (Phi) is 2.39. The number of rotatable bonds is 3. The topological polar surface area (TPSA) is 54.7 Å². The normalized spacial score (nSPS) is 22.6. The second-order valence-corrected chi connectivity index (χ2v) is 4.71. The summed E-state index contributed by atoms with van der Waals surface area (Å²) in [5, 5.41) is 7.24. The van der Waals surface area contributed by atoms with Gasteiger partial charge in [-0.2, -0.15) is 5.10 Å². The van der Waals surface area contributed by atoms with Crippen molar-refractivity contribution in [2.24, 2.45) is 0 Å². The van der Waals surface area contributed by atoms with Crippen molar-refractivity contribution in [3.05, 3.63) is 47.2 Å². The molecule has 2 atom stereocenters. The molecule has 1 aliphatic rings. The maximum absolute atomic E-state index is 5.86. The fraction of sp³-hybridized carbons (Fsp3) is 0.357. The number of nitrogens with one attached hydrogen (secondary N) is 1. The van der Waals surface area contributed by atoms with Gasteiger partial charge in [0.1, 0.15) is 5.82 Å². The first-order valence-electron chi connectivity index (χ1n) is 6.18. The lowest BCUT2D eigenvalue weighted by Gasteiger charge is -2.01. The minimum Gasteiger partial charge on any atom is -0.382 e. The lowest BCUT2D eigenvalue weighted by molar-refractivity contribution is 0.915. The molecule has 1 aromatic carbocycles. The second kappa shape index (κ2) is 3.91. The van der Waals surface area contributed by atoms with Crippen LogP contribution in [-0.2, 0) is 6.42 Å². The van der Waals surface area contributed by atoms with E-state index in [0.717, 1.165) is 6.42 Å². The van der Waals surface area contributed by atoms with E-state index in [9.17, 15) is 0 Å². The molecule has 1 saturated carbocycles. The van der Waals surface area contributed by atoms with Crippen molar-refractivity contribution in [1.29, 1.82) is 0 Å². The maximum atomic E-state index is 5.86. The zero-order valence-corrected chi connectivity index (χ0v) is 9.98. The molecule has 3 nitrogen and oxygen atoms in total. The van der Waals surface area contributed by atoms with E-state index >= 15 is 0 Å². The number of hydrogen-bond acceptors (Lipinski definition) is 2.